The van der Waals surface area contributed by atoms with Crippen LogP contribution in [0.3, 0.4) is 0 Å². The lowest BCUT2D eigenvalue weighted by atomic mass is 9.60. The van der Waals surface area contributed by atoms with Gasteiger partial charge < -0.3 is 0 Å². The number of carbonyl (C=O) groups excluding carboxylic acids is 1. The minimum absolute atomic E-state index is 0.0679. The highest BCUT2D eigenvalue weighted by molar-refractivity contribution is 7.89. The van der Waals surface area contributed by atoms with Gasteiger partial charge in [0, 0.05) is 12.2 Å². The lowest BCUT2D eigenvalue weighted by molar-refractivity contribution is 0.0657. The van der Waals surface area contributed by atoms with Crippen LogP contribution in [0, 0.1) is 24.0 Å². The van der Waals surface area contributed by atoms with E-state index in [2.05, 4.69) is 10.1 Å². The minimum Gasteiger partial charge on any atom is -0.291 e. The zero-order valence-corrected chi connectivity index (χ0v) is 24.4. The van der Waals surface area contributed by atoms with E-state index in [0.29, 0.717) is 16.9 Å². The Bertz CT molecular complexity index is 1860. The fourth-order valence-corrected chi connectivity index (χ4v) is 7.98. The second-order valence-electron chi connectivity index (χ2n) is 11.2. The Morgan fingerprint density at radius 2 is 1.75 bits per heavy atom. The topological polar surface area (TPSA) is 85.2 Å². The summed E-state index contributed by atoms with van der Waals surface area (Å²) in [6.45, 7) is 0.742. The van der Waals surface area contributed by atoms with Crippen molar-refractivity contribution in [3.63, 3.8) is 0 Å². The van der Waals surface area contributed by atoms with E-state index in [1.165, 1.54) is 18.3 Å². The van der Waals surface area contributed by atoms with Crippen LogP contribution in [0.15, 0.2) is 83.5 Å². The highest BCUT2D eigenvalue weighted by Crippen LogP contribution is 2.51. The maximum absolute atomic E-state index is 14.4. The van der Waals surface area contributed by atoms with Crippen molar-refractivity contribution < 1.29 is 30.8 Å². The summed E-state index contributed by atoms with van der Waals surface area (Å²) in [5.74, 6) is -1.40. The number of carbonyl (C=O) groups is 1. The van der Waals surface area contributed by atoms with E-state index in [1.807, 2.05) is 13.0 Å². The zero-order chi connectivity index (χ0) is 31.2. The number of alkyl halides is 2. The highest BCUT2D eigenvalue weighted by atomic mass is 32.2. The number of allylic oxidation sites excluding steroid dienone is 1. The standard InChI is InChI=1S/C32H28F4N4O3S/c1-20-12-13-37-28(14-20)31(41)32-16-21-18-38-40(25-8-3-23(33)4-9-25)29(21)15-22(32)2-7-26(17-32)39(19-30(35)36)44(42,43)27-10-5-24(34)6-11-27/h3-6,8-15,18,26,30H,2,7,16-17,19H2,1H3/t26-,32-/m0/s1. The van der Waals surface area contributed by atoms with Crippen molar-refractivity contribution in [2.75, 3.05) is 6.54 Å². The fourth-order valence-electron chi connectivity index (χ4n) is 6.34. The maximum atomic E-state index is 14.4. The van der Waals surface area contributed by atoms with Crippen LogP contribution in [0.1, 0.15) is 46.6 Å². The quantitative estimate of drug-likeness (QED) is 0.173. The van der Waals surface area contributed by atoms with Crippen LogP contribution in [-0.2, 0) is 16.4 Å². The monoisotopic (exact) mass is 624 g/mol. The predicted molar refractivity (Wildman–Crippen MR) is 155 cm³/mol. The number of halogens is 4. The van der Waals surface area contributed by atoms with Gasteiger partial charge in [-0.15, -0.1) is 0 Å². The molecule has 2 aliphatic rings. The van der Waals surface area contributed by atoms with Crippen LogP contribution >= 0.6 is 0 Å². The van der Waals surface area contributed by atoms with Gasteiger partial charge in [-0.3, -0.25) is 9.78 Å². The number of pyridine rings is 1. The first kappa shape index (κ1) is 29.9. The molecule has 0 amide bonds. The molecular formula is C32H28F4N4O3S. The lowest BCUT2D eigenvalue weighted by Gasteiger charge is -2.46. The molecule has 1 fully saturated rings. The summed E-state index contributed by atoms with van der Waals surface area (Å²) >= 11 is 0. The average molecular weight is 625 g/mol. The summed E-state index contributed by atoms with van der Waals surface area (Å²) in [5, 5.41) is 4.50. The van der Waals surface area contributed by atoms with Gasteiger partial charge in [-0.1, -0.05) is 5.57 Å². The van der Waals surface area contributed by atoms with Gasteiger partial charge in [-0.2, -0.15) is 9.40 Å². The number of Topliss-reactive ketones (excluding diaryl/α,β-unsaturated/α-hetero) is 1. The average Bonchev–Trinajstić information content (AvgIpc) is 3.40. The van der Waals surface area contributed by atoms with E-state index >= 15 is 0 Å². The van der Waals surface area contributed by atoms with Crippen LogP contribution in [-0.4, -0.2) is 52.3 Å². The molecular weight excluding hydrogens is 596 g/mol. The van der Waals surface area contributed by atoms with Crippen LogP contribution in [0.5, 0.6) is 0 Å². The highest BCUT2D eigenvalue weighted by Gasteiger charge is 2.52. The van der Waals surface area contributed by atoms with E-state index in [1.54, 1.807) is 35.1 Å². The molecule has 0 spiro atoms. The van der Waals surface area contributed by atoms with Crippen molar-refractivity contribution in [3.8, 4) is 5.69 Å². The number of sulfonamides is 1. The van der Waals surface area contributed by atoms with Crippen molar-refractivity contribution in [1.82, 2.24) is 19.1 Å². The molecule has 1 saturated carbocycles. The van der Waals surface area contributed by atoms with Gasteiger partial charge in [0.25, 0.3) is 6.43 Å². The van der Waals surface area contributed by atoms with Crippen molar-refractivity contribution in [3.05, 3.63) is 113 Å². The van der Waals surface area contributed by atoms with Gasteiger partial charge in [-0.05, 0) is 110 Å². The number of benzene rings is 2. The molecule has 6 rings (SSSR count). The Labute approximate surface area is 251 Å². The number of aromatic nitrogens is 3. The molecule has 44 heavy (non-hydrogen) atoms. The number of ketones is 1. The Morgan fingerprint density at radius 3 is 2.41 bits per heavy atom. The van der Waals surface area contributed by atoms with Gasteiger partial charge in [-0.25, -0.2) is 30.7 Å². The Balaban J connectivity index is 1.45. The molecule has 0 unspecified atom stereocenters. The third kappa shape index (κ3) is 5.36. The summed E-state index contributed by atoms with van der Waals surface area (Å²) in [5.41, 5.74) is 2.44. The Morgan fingerprint density at radius 1 is 1.07 bits per heavy atom. The van der Waals surface area contributed by atoms with E-state index in [4.69, 9.17) is 0 Å². The largest absolute Gasteiger partial charge is 0.291 e. The molecule has 7 nitrogen and oxygen atoms in total. The molecule has 2 heterocycles. The van der Waals surface area contributed by atoms with E-state index in [-0.39, 0.29) is 42.1 Å². The summed E-state index contributed by atoms with van der Waals surface area (Å²) in [4.78, 5) is 18.5. The van der Waals surface area contributed by atoms with Crippen molar-refractivity contribution in [2.24, 2.45) is 5.41 Å². The maximum Gasteiger partial charge on any atom is 0.252 e. The minimum atomic E-state index is -4.48. The molecule has 228 valence electrons. The second-order valence-corrected chi connectivity index (χ2v) is 13.1. The number of hydrogen-bond acceptors (Lipinski definition) is 5. The first-order valence-corrected chi connectivity index (χ1v) is 15.5. The third-order valence-electron chi connectivity index (χ3n) is 8.43. The van der Waals surface area contributed by atoms with Crippen LogP contribution in [0.2, 0.25) is 0 Å². The fraction of sp³-hybridized carbons (Fsp3) is 0.281. The molecule has 2 atom stereocenters. The molecule has 12 heteroatoms. The first-order valence-electron chi connectivity index (χ1n) is 14.0. The third-order valence-corrected chi connectivity index (χ3v) is 10.4. The van der Waals surface area contributed by atoms with E-state index in [0.717, 1.165) is 39.7 Å². The van der Waals surface area contributed by atoms with E-state index in [9.17, 15) is 30.8 Å². The van der Waals surface area contributed by atoms with Gasteiger partial charge in [0.15, 0.2) is 5.78 Å². The predicted octanol–water partition coefficient (Wildman–Crippen LogP) is 6.17. The van der Waals surface area contributed by atoms with Gasteiger partial charge >= 0.3 is 0 Å². The summed E-state index contributed by atoms with van der Waals surface area (Å²) in [6, 6.07) is 12.3. The number of aryl methyl sites for hydroxylation is 1. The molecule has 2 aromatic heterocycles. The molecule has 0 aliphatic heterocycles. The van der Waals surface area contributed by atoms with E-state index < -0.39 is 46.1 Å². The number of fused-ring (bicyclic) bond motifs is 2. The molecule has 0 radical (unpaired) electrons. The smallest absolute Gasteiger partial charge is 0.252 e. The number of hydrogen-bond donors (Lipinski definition) is 0. The molecule has 0 N–H and O–H groups in total. The van der Waals surface area contributed by atoms with Crippen LogP contribution < -0.4 is 0 Å². The van der Waals surface area contributed by atoms with Crippen molar-refractivity contribution in [2.45, 2.75) is 50.0 Å². The van der Waals surface area contributed by atoms with Crippen molar-refractivity contribution >= 4 is 21.9 Å². The van der Waals surface area contributed by atoms with Gasteiger partial charge in [0.2, 0.25) is 10.0 Å². The normalized spacial score (nSPS) is 19.9. The molecule has 0 bridgehead atoms. The Kier molecular flexibility index (Phi) is 7.75. The lowest BCUT2D eigenvalue weighted by Crippen LogP contribution is -2.51. The molecule has 0 saturated heterocycles. The second kappa shape index (κ2) is 11.4. The SMILES string of the molecule is Cc1ccnc(C(=O)[C@]23Cc4cnn(-c5ccc(F)cc5)c4C=C2CC[C@H](N(CC(F)F)S(=O)(=O)c2ccc(F)cc2)C3)c1. The Hall–Kier alpha value is -4.16. The first-order chi connectivity index (χ1) is 21.0. The van der Waals surface area contributed by atoms with Crippen LogP contribution in [0.25, 0.3) is 11.8 Å². The molecule has 2 aliphatic carbocycles. The number of rotatable bonds is 8. The van der Waals surface area contributed by atoms with Crippen molar-refractivity contribution in [1.29, 1.82) is 0 Å². The number of nitrogens with zero attached hydrogens (tertiary/aromatic N) is 4. The summed E-state index contributed by atoms with van der Waals surface area (Å²) in [7, 11) is -4.48. The molecule has 2 aromatic carbocycles. The van der Waals surface area contributed by atoms with Gasteiger partial charge in [0.1, 0.15) is 17.3 Å². The zero-order valence-electron chi connectivity index (χ0n) is 23.6. The summed E-state index contributed by atoms with van der Waals surface area (Å²) in [6.07, 6.45) is 2.49. The summed E-state index contributed by atoms with van der Waals surface area (Å²) < 4.78 is 85.0. The van der Waals surface area contributed by atoms with Gasteiger partial charge in [0.05, 0.1) is 34.4 Å². The molecule has 4 aromatic rings. The van der Waals surface area contributed by atoms with Crippen LogP contribution in [0.4, 0.5) is 17.6 Å².